The van der Waals surface area contributed by atoms with Crippen LogP contribution in [0.5, 0.6) is 0 Å². The van der Waals surface area contributed by atoms with Crippen LogP contribution in [0.25, 0.3) is 0 Å². The maximum Gasteiger partial charge on any atom is 0.225 e. The molecule has 0 unspecified atom stereocenters. The van der Waals surface area contributed by atoms with Crippen molar-refractivity contribution in [3.05, 3.63) is 83.2 Å². The Morgan fingerprint density at radius 1 is 1.24 bits per heavy atom. The van der Waals surface area contributed by atoms with Crippen LogP contribution in [-0.4, -0.2) is 15.5 Å². The van der Waals surface area contributed by atoms with Crippen molar-refractivity contribution in [1.29, 1.82) is 0 Å². The highest BCUT2D eigenvalue weighted by atomic mass is 19.1. The molecule has 3 aromatic rings. The van der Waals surface area contributed by atoms with Crippen molar-refractivity contribution in [2.75, 3.05) is 5.32 Å². The van der Waals surface area contributed by atoms with Crippen LogP contribution in [0.2, 0.25) is 0 Å². The maximum atomic E-state index is 13.2. The predicted octanol–water partition coefficient (Wildman–Crippen LogP) is 5.39. The largest absolute Gasteiger partial charge is 0.331 e. The molecule has 1 aliphatic rings. The van der Waals surface area contributed by atoms with Gasteiger partial charge in [0.1, 0.15) is 11.6 Å². The third kappa shape index (κ3) is 4.09. The Kier molecular flexibility index (Phi) is 5.47. The average Bonchev–Trinajstić information content (AvgIpc) is 3.14. The second kappa shape index (κ2) is 8.19. The smallest absolute Gasteiger partial charge is 0.225 e. The lowest BCUT2D eigenvalue weighted by Gasteiger charge is -2.26. The summed E-state index contributed by atoms with van der Waals surface area (Å²) in [7, 11) is 0. The number of nitrogens with one attached hydrogen (secondary N) is 1. The fourth-order valence-electron chi connectivity index (χ4n) is 4.29. The lowest BCUT2D eigenvalue weighted by atomic mass is 9.88. The highest BCUT2D eigenvalue weighted by Crippen LogP contribution is 2.35. The van der Waals surface area contributed by atoms with Gasteiger partial charge in [-0.1, -0.05) is 31.2 Å². The monoisotopic (exact) mass is 391 g/mol. The summed E-state index contributed by atoms with van der Waals surface area (Å²) in [5, 5.41) is 2.90. The van der Waals surface area contributed by atoms with E-state index in [0.717, 1.165) is 42.0 Å². The molecule has 1 aromatic heterocycles. The molecular weight excluding hydrogens is 365 g/mol. The standard InChI is InChI=1S/C24H26FN3O/c1-16-6-3-4-8-20(16)21(14-23(29)27-19-11-9-18(25)10-12-19)22-15-26-24-17(2)7-5-13-28(22)24/h3-4,6,8-12,15,17,21H,5,7,13-14H2,1-2H3,(H,27,29)/t17-,21+/m1/s1. The van der Waals surface area contributed by atoms with Crippen LogP contribution in [0, 0.1) is 12.7 Å². The molecule has 0 spiro atoms. The molecule has 0 saturated heterocycles. The molecule has 2 aromatic carbocycles. The first-order chi connectivity index (χ1) is 14.0. The van der Waals surface area contributed by atoms with Crippen LogP contribution < -0.4 is 5.32 Å². The average molecular weight is 391 g/mol. The third-order valence-corrected chi connectivity index (χ3v) is 5.82. The SMILES string of the molecule is Cc1ccccc1[C@H](CC(=O)Nc1ccc(F)cc1)c1cnc2n1CCC[C@H]2C. The molecule has 150 valence electrons. The van der Waals surface area contributed by atoms with E-state index in [1.54, 1.807) is 12.1 Å². The summed E-state index contributed by atoms with van der Waals surface area (Å²) >= 11 is 0. The second-order valence-electron chi connectivity index (χ2n) is 7.90. The zero-order valence-electron chi connectivity index (χ0n) is 16.9. The Hall–Kier alpha value is -2.95. The van der Waals surface area contributed by atoms with E-state index >= 15 is 0 Å². The van der Waals surface area contributed by atoms with Crippen molar-refractivity contribution >= 4 is 11.6 Å². The minimum atomic E-state index is -0.319. The van der Waals surface area contributed by atoms with E-state index in [1.807, 2.05) is 18.3 Å². The molecule has 1 amide bonds. The fourth-order valence-corrected chi connectivity index (χ4v) is 4.29. The number of aryl methyl sites for hydroxylation is 1. The van der Waals surface area contributed by atoms with Gasteiger partial charge < -0.3 is 9.88 Å². The Balaban J connectivity index is 1.66. The number of anilines is 1. The van der Waals surface area contributed by atoms with Crippen molar-refractivity contribution in [2.45, 2.75) is 51.5 Å². The van der Waals surface area contributed by atoms with E-state index in [1.165, 1.54) is 12.1 Å². The number of amides is 1. The molecule has 5 heteroatoms. The van der Waals surface area contributed by atoms with Gasteiger partial charge in [0.25, 0.3) is 0 Å². The van der Waals surface area contributed by atoms with Gasteiger partial charge in [0.2, 0.25) is 5.91 Å². The van der Waals surface area contributed by atoms with E-state index in [2.05, 4.69) is 35.9 Å². The lowest BCUT2D eigenvalue weighted by molar-refractivity contribution is -0.116. The van der Waals surface area contributed by atoms with Gasteiger partial charge in [0.05, 0.1) is 0 Å². The molecule has 4 rings (SSSR count). The van der Waals surface area contributed by atoms with Crippen LogP contribution in [0.4, 0.5) is 10.1 Å². The molecule has 2 heterocycles. The first-order valence-electron chi connectivity index (χ1n) is 10.2. The number of benzene rings is 2. The van der Waals surface area contributed by atoms with Crippen molar-refractivity contribution in [3.63, 3.8) is 0 Å². The number of carbonyl (C=O) groups excluding carboxylic acids is 1. The normalized spacial score (nSPS) is 16.9. The van der Waals surface area contributed by atoms with Crippen LogP contribution in [-0.2, 0) is 11.3 Å². The van der Waals surface area contributed by atoms with Crippen LogP contribution in [0.3, 0.4) is 0 Å². The number of hydrogen-bond donors (Lipinski definition) is 1. The number of nitrogens with zero attached hydrogens (tertiary/aromatic N) is 2. The molecule has 1 N–H and O–H groups in total. The van der Waals surface area contributed by atoms with Crippen LogP contribution in [0.15, 0.2) is 54.7 Å². The lowest BCUT2D eigenvalue weighted by Crippen LogP contribution is -2.22. The second-order valence-corrected chi connectivity index (χ2v) is 7.90. The van der Waals surface area contributed by atoms with Crippen molar-refractivity contribution in [2.24, 2.45) is 0 Å². The van der Waals surface area contributed by atoms with Gasteiger partial charge in [-0.2, -0.15) is 0 Å². The number of imidazole rings is 1. The zero-order valence-corrected chi connectivity index (χ0v) is 16.9. The number of halogens is 1. The van der Waals surface area contributed by atoms with Crippen molar-refractivity contribution in [3.8, 4) is 0 Å². The Labute approximate surface area is 170 Å². The number of carbonyl (C=O) groups is 1. The van der Waals surface area contributed by atoms with Crippen molar-refractivity contribution in [1.82, 2.24) is 9.55 Å². The molecule has 1 aliphatic heterocycles. The third-order valence-electron chi connectivity index (χ3n) is 5.82. The summed E-state index contributed by atoms with van der Waals surface area (Å²) in [6, 6.07) is 14.1. The maximum absolute atomic E-state index is 13.2. The van der Waals surface area contributed by atoms with E-state index in [9.17, 15) is 9.18 Å². The summed E-state index contributed by atoms with van der Waals surface area (Å²) in [6.45, 7) is 5.24. The summed E-state index contributed by atoms with van der Waals surface area (Å²) in [5.74, 6) is 1.06. The summed E-state index contributed by atoms with van der Waals surface area (Å²) in [6.07, 6.45) is 4.53. The summed E-state index contributed by atoms with van der Waals surface area (Å²) < 4.78 is 15.5. The number of fused-ring (bicyclic) bond motifs is 1. The predicted molar refractivity (Wildman–Crippen MR) is 113 cm³/mol. The molecule has 0 fully saturated rings. The van der Waals surface area contributed by atoms with Crippen LogP contribution >= 0.6 is 0 Å². The molecule has 0 saturated carbocycles. The number of hydrogen-bond acceptors (Lipinski definition) is 2. The zero-order chi connectivity index (χ0) is 20.4. The Bertz CT molecular complexity index is 1010. The number of rotatable bonds is 5. The summed E-state index contributed by atoms with van der Waals surface area (Å²) in [4.78, 5) is 17.6. The van der Waals surface area contributed by atoms with Gasteiger partial charge in [-0.25, -0.2) is 9.37 Å². The van der Waals surface area contributed by atoms with Gasteiger partial charge in [0, 0.05) is 42.4 Å². The Morgan fingerprint density at radius 3 is 2.76 bits per heavy atom. The molecule has 2 atom stereocenters. The Morgan fingerprint density at radius 2 is 2.00 bits per heavy atom. The minimum Gasteiger partial charge on any atom is -0.331 e. The topological polar surface area (TPSA) is 46.9 Å². The quantitative estimate of drug-likeness (QED) is 0.634. The first-order valence-corrected chi connectivity index (χ1v) is 10.2. The summed E-state index contributed by atoms with van der Waals surface area (Å²) in [5.41, 5.74) is 3.99. The first kappa shape index (κ1) is 19.4. The molecule has 0 radical (unpaired) electrons. The van der Waals surface area contributed by atoms with Gasteiger partial charge in [-0.05, 0) is 55.2 Å². The highest BCUT2D eigenvalue weighted by molar-refractivity contribution is 5.91. The minimum absolute atomic E-state index is 0.0804. The molecule has 0 aliphatic carbocycles. The molecule has 4 nitrogen and oxygen atoms in total. The van der Waals surface area contributed by atoms with Gasteiger partial charge >= 0.3 is 0 Å². The van der Waals surface area contributed by atoms with Crippen molar-refractivity contribution < 1.29 is 9.18 Å². The van der Waals surface area contributed by atoms with Gasteiger partial charge in [0.15, 0.2) is 0 Å². The fraction of sp³-hybridized carbons (Fsp3) is 0.333. The number of aromatic nitrogens is 2. The van der Waals surface area contributed by atoms with Gasteiger partial charge in [-0.3, -0.25) is 4.79 Å². The molecule has 0 bridgehead atoms. The van der Waals surface area contributed by atoms with E-state index in [-0.39, 0.29) is 17.6 Å². The van der Waals surface area contributed by atoms with Crippen LogP contribution in [0.1, 0.15) is 60.7 Å². The molecular formula is C24H26FN3O. The van der Waals surface area contributed by atoms with E-state index in [4.69, 9.17) is 4.98 Å². The van der Waals surface area contributed by atoms with E-state index in [0.29, 0.717) is 18.0 Å². The molecule has 29 heavy (non-hydrogen) atoms. The van der Waals surface area contributed by atoms with Gasteiger partial charge in [-0.15, -0.1) is 0 Å². The highest BCUT2D eigenvalue weighted by Gasteiger charge is 2.28. The van der Waals surface area contributed by atoms with E-state index < -0.39 is 0 Å².